The smallest absolute Gasteiger partial charge is 0.253 e. The molecule has 0 saturated heterocycles. The molecule has 1 heterocycles. The number of nitrogens with one attached hydrogen (secondary N) is 1. The van der Waals surface area contributed by atoms with Crippen molar-refractivity contribution in [3.8, 4) is 0 Å². The Kier molecular flexibility index (Phi) is 5.87. The Balaban J connectivity index is 2.08. The fourth-order valence-corrected chi connectivity index (χ4v) is 5.30. The van der Waals surface area contributed by atoms with E-state index in [1.165, 1.54) is 10.6 Å². The summed E-state index contributed by atoms with van der Waals surface area (Å²) in [6.45, 7) is 3.40. The van der Waals surface area contributed by atoms with Gasteiger partial charge in [0.2, 0.25) is 10.0 Å². The van der Waals surface area contributed by atoms with Gasteiger partial charge in [-0.2, -0.15) is 0 Å². The number of aromatic nitrogens is 1. The van der Waals surface area contributed by atoms with Crippen LogP contribution in [0.3, 0.4) is 0 Å². The van der Waals surface area contributed by atoms with Crippen molar-refractivity contribution in [1.29, 1.82) is 0 Å². The Hall–Kier alpha value is -2.19. The van der Waals surface area contributed by atoms with Crippen molar-refractivity contribution >= 4 is 15.7 Å². The SMILES string of the molecule is CCc1cc(NS(=O)(=O)C2(CCO)CC2)c(Cc2ccc(C)cc2F)n(C)c1=O. The molecule has 0 amide bonds. The van der Waals surface area contributed by atoms with Crippen LogP contribution < -0.4 is 10.3 Å². The number of nitrogens with zero attached hydrogens (tertiary/aromatic N) is 1. The molecule has 0 aliphatic heterocycles. The highest BCUT2D eigenvalue weighted by molar-refractivity contribution is 7.94. The highest BCUT2D eigenvalue weighted by Gasteiger charge is 2.54. The average molecular weight is 423 g/mol. The molecule has 1 aliphatic rings. The molecule has 6 nitrogen and oxygen atoms in total. The summed E-state index contributed by atoms with van der Waals surface area (Å²) in [7, 11) is -2.20. The highest BCUT2D eigenvalue weighted by Crippen LogP contribution is 2.47. The van der Waals surface area contributed by atoms with Gasteiger partial charge in [-0.15, -0.1) is 0 Å². The first-order valence-electron chi connectivity index (χ1n) is 9.74. The van der Waals surface area contributed by atoms with Crippen LogP contribution in [0.15, 0.2) is 29.1 Å². The summed E-state index contributed by atoms with van der Waals surface area (Å²) >= 11 is 0. The predicted molar refractivity (Wildman–Crippen MR) is 111 cm³/mol. The van der Waals surface area contributed by atoms with Gasteiger partial charge in [0, 0.05) is 31.3 Å². The van der Waals surface area contributed by atoms with Crippen LogP contribution in [0, 0.1) is 12.7 Å². The topological polar surface area (TPSA) is 88.4 Å². The molecule has 0 unspecified atom stereocenters. The van der Waals surface area contributed by atoms with Gasteiger partial charge in [0.15, 0.2) is 0 Å². The third kappa shape index (κ3) is 4.09. The van der Waals surface area contributed by atoms with Crippen molar-refractivity contribution in [1.82, 2.24) is 4.57 Å². The zero-order valence-electron chi connectivity index (χ0n) is 17.0. The van der Waals surface area contributed by atoms with Gasteiger partial charge in [0.1, 0.15) is 5.82 Å². The second-order valence-corrected chi connectivity index (χ2v) is 9.86. The van der Waals surface area contributed by atoms with E-state index in [1.807, 2.05) is 6.92 Å². The second-order valence-electron chi connectivity index (χ2n) is 7.78. The number of halogens is 1. The van der Waals surface area contributed by atoms with Crippen molar-refractivity contribution in [3.05, 3.63) is 62.8 Å². The Morgan fingerprint density at radius 2 is 1.93 bits per heavy atom. The summed E-state index contributed by atoms with van der Waals surface area (Å²) in [6.07, 6.45) is 1.65. The van der Waals surface area contributed by atoms with Gasteiger partial charge in [-0.1, -0.05) is 19.1 Å². The number of aliphatic hydroxyl groups is 1. The van der Waals surface area contributed by atoms with Gasteiger partial charge < -0.3 is 9.67 Å². The first kappa shape index (κ1) is 21.5. The molecule has 0 spiro atoms. The van der Waals surface area contributed by atoms with Crippen LogP contribution in [0.25, 0.3) is 0 Å². The minimum Gasteiger partial charge on any atom is -0.396 e. The Morgan fingerprint density at radius 3 is 2.48 bits per heavy atom. The van der Waals surface area contributed by atoms with E-state index < -0.39 is 20.6 Å². The second kappa shape index (κ2) is 7.91. The Bertz CT molecular complexity index is 1090. The van der Waals surface area contributed by atoms with E-state index in [2.05, 4.69) is 4.72 Å². The molecule has 158 valence electrons. The van der Waals surface area contributed by atoms with Crippen molar-refractivity contribution in [2.24, 2.45) is 7.05 Å². The van der Waals surface area contributed by atoms with Crippen LogP contribution >= 0.6 is 0 Å². The van der Waals surface area contributed by atoms with Crippen LogP contribution in [0.1, 0.15) is 48.6 Å². The van der Waals surface area contributed by atoms with Crippen molar-refractivity contribution in [3.63, 3.8) is 0 Å². The molecule has 0 bridgehead atoms. The zero-order chi connectivity index (χ0) is 21.4. The van der Waals surface area contributed by atoms with Crippen LogP contribution in [0.4, 0.5) is 10.1 Å². The van der Waals surface area contributed by atoms with Crippen molar-refractivity contribution in [2.75, 3.05) is 11.3 Å². The number of rotatable bonds is 8. The third-order valence-corrected chi connectivity index (χ3v) is 7.99. The number of sulfonamides is 1. The van der Waals surface area contributed by atoms with E-state index in [0.29, 0.717) is 36.1 Å². The van der Waals surface area contributed by atoms with E-state index in [-0.39, 0.29) is 30.7 Å². The molecule has 1 aliphatic carbocycles. The molecule has 8 heteroatoms. The molecule has 1 fully saturated rings. The average Bonchev–Trinajstić information content (AvgIpc) is 3.44. The lowest BCUT2D eigenvalue weighted by Gasteiger charge is -2.21. The van der Waals surface area contributed by atoms with Gasteiger partial charge in [-0.3, -0.25) is 9.52 Å². The van der Waals surface area contributed by atoms with E-state index >= 15 is 0 Å². The number of hydrogen-bond donors (Lipinski definition) is 2. The minimum absolute atomic E-state index is 0.0761. The van der Waals surface area contributed by atoms with Crippen molar-refractivity contribution in [2.45, 2.75) is 50.7 Å². The molecule has 0 radical (unpaired) electrons. The van der Waals surface area contributed by atoms with Gasteiger partial charge >= 0.3 is 0 Å². The molecule has 0 atom stereocenters. The standard InChI is InChI=1S/C21H27FN2O4S/c1-4-15-12-18(23-29(27,28)21(7-8-21)9-10-25)19(24(3)20(15)26)13-16-6-5-14(2)11-17(16)22/h5-6,11-12,23,25H,4,7-10,13H2,1-3H3. The third-order valence-electron chi connectivity index (χ3n) is 5.75. The summed E-state index contributed by atoms with van der Waals surface area (Å²) in [5, 5.41) is 9.26. The summed E-state index contributed by atoms with van der Waals surface area (Å²) in [6, 6.07) is 6.39. The number of aryl methyl sites for hydroxylation is 2. The molecule has 29 heavy (non-hydrogen) atoms. The normalized spacial score (nSPS) is 15.3. The number of hydrogen-bond acceptors (Lipinski definition) is 4. The lowest BCUT2D eigenvalue weighted by Crippen LogP contribution is -2.33. The summed E-state index contributed by atoms with van der Waals surface area (Å²) in [5.74, 6) is -0.398. The summed E-state index contributed by atoms with van der Waals surface area (Å²) < 4.78 is 43.5. The maximum atomic E-state index is 14.4. The van der Waals surface area contributed by atoms with Gasteiger partial charge in [-0.05, 0) is 55.9 Å². The van der Waals surface area contributed by atoms with Gasteiger partial charge in [0.25, 0.3) is 5.56 Å². The van der Waals surface area contributed by atoms with Crippen molar-refractivity contribution < 1.29 is 17.9 Å². The maximum absolute atomic E-state index is 14.4. The van der Waals surface area contributed by atoms with Crippen LogP contribution in [-0.4, -0.2) is 29.4 Å². The highest BCUT2D eigenvalue weighted by atomic mass is 32.2. The summed E-state index contributed by atoms with van der Waals surface area (Å²) in [5.41, 5.74) is 2.10. The molecule has 1 aromatic heterocycles. The number of aliphatic hydroxyl groups excluding tert-OH is 1. The number of pyridine rings is 1. The number of benzene rings is 1. The van der Waals surface area contributed by atoms with E-state index in [0.717, 1.165) is 5.56 Å². The molecular weight excluding hydrogens is 395 g/mol. The van der Waals surface area contributed by atoms with Crippen LogP contribution in [0.5, 0.6) is 0 Å². The van der Waals surface area contributed by atoms with Gasteiger partial charge in [-0.25, -0.2) is 12.8 Å². The lowest BCUT2D eigenvalue weighted by atomic mass is 10.0. The van der Waals surface area contributed by atoms with Crippen LogP contribution in [0.2, 0.25) is 0 Å². The monoisotopic (exact) mass is 422 g/mol. The minimum atomic E-state index is -3.77. The number of anilines is 1. The molecule has 1 aromatic carbocycles. The maximum Gasteiger partial charge on any atom is 0.253 e. The predicted octanol–water partition coefficient (Wildman–Crippen LogP) is 2.64. The van der Waals surface area contributed by atoms with Gasteiger partial charge in [0.05, 0.1) is 10.4 Å². The fraction of sp³-hybridized carbons (Fsp3) is 0.476. The largest absolute Gasteiger partial charge is 0.396 e. The molecule has 3 rings (SSSR count). The quantitative estimate of drug-likeness (QED) is 0.685. The molecular formula is C21H27FN2O4S. The molecule has 2 aromatic rings. The summed E-state index contributed by atoms with van der Waals surface area (Å²) in [4.78, 5) is 12.6. The lowest BCUT2D eigenvalue weighted by molar-refractivity contribution is 0.283. The molecule has 2 N–H and O–H groups in total. The zero-order valence-corrected chi connectivity index (χ0v) is 17.8. The Labute approximate surface area is 170 Å². The fourth-order valence-electron chi connectivity index (χ4n) is 3.62. The molecule has 1 saturated carbocycles. The first-order valence-corrected chi connectivity index (χ1v) is 11.2. The van der Waals surface area contributed by atoms with E-state index in [4.69, 9.17) is 0 Å². The van der Waals surface area contributed by atoms with Crippen LogP contribution in [-0.2, 0) is 29.9 Å². The van der Waals surface area contributed by atoms with E-state index in [1.54, 1.807) is 32.2 Å². The first-order chi connectivity index (χ1) is 13.6. The van der Waals surface area contributed by atoms with E-state index in [9.17, 15) is 22.7 Å². The Morgan fingerprint density at radius 1 is 1.24 bits per heavy atom.